The predicted molar refractivity (Wildman–Crippen MR) is 89.8 cm³/mol. The number of aliphatic hydroxyl groups is 1. The zero-order chi connectivity index (χ0) is 16.4. The van der Waals surface area contributed by atoms with E-state index >= 15 is 0 Å². The Balaban J connectivity index is 1.59. The molecule has 1 saturated heterocycles. The van der Waals surface area contributed by atoms with E-state index in [-0.39, 0.29) is 24.0 Å². The van der Waals surface area contributed by atoms with Crippen LogP contribution in [-0.2, 0) is 4.79 Å². The second-order valence-corrected chi connectivity index (χ2v) is 7.32. The highest BCUT2D eigenvalue weighted by molar-refractivity contribution is 6.30. The van der Waals surface area contributed by atoms with Crippen molar-refractivity contribution >= 4 is 17.5 Å². The third kappa shape index (κ3) is 3.48. The summed E-state index contributed by atoms with van der Waals surface area (Å²) in [6.45, 7) is 3.37. The summed E-state index contributed by atoms with van der Waals surface area (Å²) in [4.78, 5) is 14.4. The minimum absolute atomic E-state index is 0.00229. The van der Waals surface area contributed by atoms with Crippen molar-refractivity contribution in [2.75, 3.05) is 19.7 Å². The number of likely N-dealkylation sites (tertiary alicyclic amines) is 1. The lowest BCUT2D eigenvalue weighted by atomic mass is 9.76. The first-order valence-electron chi connectivity index (χ1n) is 8.35. The molecule has 1 amide bonds. The number of aliphatic hydroxyl groups excluding tert-OH is 1. The average Bonchev–Trinajstić information content (AvgIpc) is 2.86. The lowest BCUT2D eigenvalue weighted by molar-refractivity contribution is -0.138. The molecule has 2 atom stereocenters. The van der Waals surface area contributed by atoms with Gasteiger partial charge >= 0.3 is 0 Å². The molecule has 1 aromatic rings. The Morgan fingerprint density at radius 2 is 2.22 bits per heavy atom. The number of hydrogen-bond donors (Lipinski definition) is 1. The molecule has 1 aromatic carbocycles. The second kappa shape index (κ2) is 6.70. The molecule has 0 radical (unpaired) electrons. The number of carbonyl (C=O) groups excluding carboxylic acids is 1. The number of piperidine rings is 1. The lowest BCUT2D eigenvalue weighted by Gasteiger charge is -2.42. The van der Waals surface area contributed by atoms with Gasteiger partial charge < -0.3 is 14.7 Å². The van der Waals surface area contributed by atoms with Crippen LogP contribution in [0.2, 0.25) is 5.02 Å². The van der Waals surface area contributed by atoms with Crippen LogP contribution < -0.4 is 4.74 Å². The number of benzene rings is 1. The van der Waals surface area contributed by atoms with Crippen molar-refractivity contribution in [3.05, 3.63) is 28.8 Å². The van der Waals surface area contributed by atoms with Gasteiger partial charge in [-0.1, -0.05) is 18.0 Å². The molecule has 1 heterocycles. The van der Waals surface area contributed by atoms with Gasteiger partial charge in [0.2, 0.25) is 0 Å². The third-order valence-corrected chi connectivity index (χ3v) is 5.54. The van der Waals surface area contributed by atoms with Crippen molar-refractivity contribution in [2.45, 2.75) is 45.1 Å². The standard InChI is InChI=1S/C18H24ClNO3/c1-13-10-14(19)5-6-15(13)23-11-17(22)20-9-3-8-18(12-20)7-2-4-16(18)21/h5-6,10,16,21H,2-4,7-9,11-12H2,1H3/t16-,18+/m1/s1. The summed E-state index contributed by atoms with van der Waals surface area (Å²) in [6, 6.07) is 5.38. The molecule has 126 valence electrons. The van der Waals surface area contributed by atoms with Gasteiger partial charge in [-0.2, -0.15) is 0 Å². The van der Waals surface area contributed by atoms with Gasteiger partial charge in [-0.3, -0.25) is 4.79 Å². The molecule has 2 fully saturated rings. The molecule has 1 spiro atoms. The molecular formula is C18H24ClNO3. The van der Waals surface area contributed by atoms with Gasteiger partial charge in [-0.05, 0) is 56.4 Å². The van der Waals surface area contributed by atoms with E-state index in [9.17, 15) is 9.90 Å². The molecule has 23 heavy (non-hydrogen) atoms. The van der Waals surface area contributed by atoms with E-state index in [0.29, 0.717) is 17.3 Å². The molecule has 3 rings (SSSR count). The molecule has 1 aliphatic carbocycles. The van der Waals surface area contributed by atoms with Crippen molar-refractivity contribution in [3.8, 4) is 5.75 Å². The molecular weight excluding hydrogens is 314 g/mol. The molecule has 1 N–H and O–H groups in total. The molecule has 0 unspecified atom stereocenters. The number of halogens is 1. The number of aryl methyl sites for hydroxylation is 1. The Labute approximate surface area is 142 Å². The van der Waals surface area contributed by atoms with Crippen LogP contribution >= 0.6 is 11.6 Å². The van der Waals surface area contributed by atoms with Gasteiger partial charge in [0.1, 0.15) is 5.75 Å². The maximum Gasteiger partial charge on any atom is 0.260 e. The third-order valence-electron chi connectivity index (χ3n) is 5.31. The van der Waals surface area contributed by atoms with Crippen LogP contribution in [-0.4, -0.2) is 41.7 Å². The maximum atomic E-state index is 12.5. The quantitative estimate of drug-likeness (QED) is 0.921. The van der Waals surface area contributed by atoms with Gasteiger partial charge in [0, 0.05) is 23.5 Å². The highest BCUT2D eigenvalue weighted by Gasteiger charge is 2.45. The maximum absolute atomic E-state index is 12.5. The normalized spacial score (nSPS) is 27.4. The van der Waals surface area contributed by atoms with Crippen LogP contribution in [0.5, 0.6) is 5.75 Å². The van der Waals surface area contributed by atoms with Crippen LogP contribution in [0.1, 0.15) is 37.7 Å². The fourth-order valence-electron chi connectivity index (χ4n) is 3.97. The van der Waals surface area contributed by atoms with E-state index in [1.165, 1.54) is 0 Å². The molecule has 0 aromatic heterocycles. The molecule has 2 aliphatic rings. The Morgan fingerprint density at radius 1 is 1.43 bits per heavy atom. The van der Waals surface area contributed by atoms with Crippen molar-refractivity contribution in [3.63, 3.8) is 0 Å². The molecule has 0 bridgehead atoms. The summed E-state index contributed by atoms with van der Waals surface area (Å²) in [5.74, 6) is 0.688. The number of ether oxygens (including phenoxy) is 1. The Bertz CT molecular complexity index is 592. The molecule has 1 saturated carbocycles. The minimum Gasteiger partial charge on any atom is -0.483 e. The lowest BCUT2D eigenvalue weighted by Crippen LogP contribution is -2.50. The zero-order valence-electron chi connectivity index (χ0n) is 13.6. The topological polar surface area (TPSA) is 49.8 Å². The minimum atomic E-state index is -0.266. The van der Waals surface area contributed by atoms with Gasteiger partial charge in [-0.25, -0.2) is 0 Å². The summed E-state index contributed by atoms with van der Waals surface area (Å²) in [6.07, 6.45) is 4.66. The SMILES string of the molecule is Cc1cc(Cl)ccc1OCC(=O)N1CCC[C@@]2(CCC[C@H]2O)C1. The van der Waals surface area contributed by atoms with Crippen molar-refractivity contribution < 1.29 is 14.6 Å². The number of amides is 1. The number of nitrogens with zero attached hydrogens (tertiary/aromatic N) is 1. The number of rotatable bonds is 3. The van der Waals surface area contributed by atoms with Crippen LogP contribution in [0.4, 0.5) is 0 Å². The summed E-state index contributed by atoms with van der Waals surface area (Å²) in [5, 5.41) is 11.0. The molecule has 4 nitrogen and oxygen atoms in total. The number of carbonyl (C=O) groups is 1. The van der Waals surface area contributed by atoms with Crippen LogP contribution in [0, 0.1) is 12.3 Å². The number of hydrogen-bond acceptors (Lipinski definition) is 3. The fraction of sp³-hybridized carbons (Fsp3) is 0.611. The van der Waals surface area contributed by atoms with Crippen molar-refractivity contribution in [2.24, 2.45) is 5.41 Å². The van der Waals surface area contributed by atoms with Crippen molar-refractivity contribution in [1.82, 2.24) is 4.90 Å². The first kappa shape index (κ1) is 16.6. The highest BCUT2D eigenvalue weighted by atomic mass is 35.5. The largest absolute Gasteiger partial charge is 0.483 e. The first-order valence-corrected chi connectivity index (χ1v) is 8.73. The van der Waals surface area contributed by atoms with E-state index in [4.69, 9.17) is 16.3 Å². The van der Waals surface area contributed by atoms with Crippen LogP contribution in [0.25, 0.3) is 0 Å². The smallest absolute Gasteiger partial charge is 0.260 e. The van der Waals surface area contributed by atoms with Gasteiger partial charge in [0.05, 0.1) is 6.10 Å². The summed E-state index contributed by atoms with van der Waals surface area (Å²) < 4.78 is 5.67. The Morgan fingerprint density at radius 3 is 2.91 bits per heavy atom. The average molecular weight is 338 g/mol. The van der Waals surface area contributed by atoms with Gasteiger partial charge in [-0.15, -0.1) is 0 Å². The molecule has 1 aliphatic heterocycles. The van der Waals surface area contributed by atoms with E-state index in [0.717, 1.165) is 44.2 Å². The van der Waals surface area contributed by atoms with E-state index < -0.39 is 0 Å². The van der Waals surface area contributed by atoms with Crippen LogP contribution in [0.3, 0.4) is 0 Å². The highest BCUT2D eigenvalue weighted by Crippen LogP contribution is 2.45. The molecule has 5 heteroatoms. The van der Waals surface area contributed by atoms with Crippen molar-refractivity contribution in [1.29, 1.82) is 0 Å². The summed E-state index contributed by atoms with van der Waals surface area (Å²) in [7, 11) is 0. The summed E-state index contributed by atoms with van der Waals surface area (Å²) >= 11 is 5.93. The second-order valence-electron chi connectivity index (χ2n) is 6.89. The zero-order valence-corrected chi connectivity index (χ0v) is 14.3. The summed E-state index contributed by atoms with van der Waals surface area (Å²) in [5.41, 5.74) is 0.844. The monoisotopic (exact) mass is 337 g/mol. The Hall–Kier alpha value is -1.26. The van der Waals surface area contributed by atoms with E-state index in [2.05, 4.69) is 0 Å². The van der Waals surface area contributed by atoms with Crippen LogP contribution in [0.15, 0.2) is 18.2 Å². The Kier molecular flexibility index (Phi) is 4.83. The van der Waals surface area contributed by atoms with Gasteiger partial charge in [0.25, 0.3) is 5.91 Å². The first-order chi connectivity index (χ1) is 11.0. The van der Waals surface area contributed by atoms with Gasteiger partial charge in [0.15, 0.2) is 6.61 Å². The van der Waals surface area contributed by atoms with E-state index in [1.807, 2.05) is 17.9 Å². The fourth-order valence-corrected chi connectivity index (χ4v) is 4.20. The van der Waals surface area contributed by atoms with E-state index in [1.54, 1.807) is 12.1 Å². The predicted octanol–water partition coefficient (Wildman–Crippen LogP) is 3.18.